The average molecular weight is 265 g/mol. The van der Waals surface area contributed by atoms with Crippen LogP contribution in [0.1, 0.15) is 24.9 Å². The number of hydrogen-bond acceptors (Lipinski definition) is 1. The molecule has 0 amide bonds. The first-order chi connectivity index (χ1) is 9.10. The Kier molecular flexibility index (Phi) is 4.10. The number of rotatable bonds is 4. The molecule has 0 fully saturated rings. The van der Waals surface area contributed by atoms with E-state index in [1.54, 1.807) is 12.1 Å². The third kappa shape index (κ3) is 3.28. The van der Waals surface area contributed by atoms with E-state index in [4.69, 9.17) is 0 Å². The van der Waals surface area contributed by atoms with Crippen molar-refractivity contribution in [2.75, 3.05) is 5.32 Å². The second-order valence-corrected chi connectivity index (χ2v) is 4.28. The Balaban J connectivity index is 2.24. The summed E-state index contributed by atoms with van der Waals surface area (Å²) in [6.07, 6.45) is 0.653. The van der Waals surface area contributed by atoms with Crippen LogP contribution in [-0.4, -0.2) is 0 Å². The summed E-state index contributed by atoms with van der Waals surface area (Å²) in [5.74, 6) is -1.62. The van der Waals surface area contributed by atoms with E-state index in [0.717, 1.165) is 11.6 Å². The summed E-state index contributed by atoms with van der Waals surface area (Å²) >= 11 is 0. The Morgan fingerprint density at radius 2 is 1.74 bits per heavy atom. The molecule has 0 aliphatic carbocycles. The van der Waals surface area contributed by atoms with Crippen molar-refractivity contribution in [2.24, 2.45) is 0 Å². The molecule has 0 aliphatic heterocycles. The summed E-state index contributed by atoms with van der Waals surface area (Å²) in [5, 5.41) is 2.96. The summed E-state index contributed by atoms with van der Waals surface area (Å²) in [5.41, 5.74) is 0.934. The van der Waals surface area contributed by atoms with Gasteiger partial charge in [0, 0.05) is 6.07 Å². The highest BCUT2D eigenvalue weighted by molar-refractivity contribution is 5.47. The lowest BCUT2D eigenvalue weighted by Crippen LogP contribution is -2.11. The van der Waals surface area contributed by atoms with Gasteiger partial charge in [0.15, 0.2) is 0 Å². The lowest BCUT2D eigenvalue weighted by Gasteiger charge is -2.19. The molecular weight excluding hydrogens is 251 g/mol. The van der Waals surface area contributed by atoms with E-state index in [1.165, 1.54) is 24.3 Å². The lowest BCUT2D eigenvalue weighted by atomic mass is 10.0. The van der Waals surface area contributed by atoms with Crippen LogP contribution in [-0.2, 0) is 0 Å². The first-order valence-corrected chi connectivity index (χ1v) is 6.07. The minimum atomic E-state index is -0.658. The molecule has 0 saturated carbocycles. The highest BCUT2D eigenvalue weighted by Gasteiger charge is 2.12. The summed E-state index contributed by atoms with van der Waals surface area (Å²) in [6.45, 7) is 1.91. The zero-order chi connectivity index (χ0) is 13.8. The SMILES string of the molecule is CCC(Nc1ccc(F)cc1F)c1cccc(F)c1. The maximum atomic E-state index is 13.6. The van der Waals surface area contributed by atoms with Crippen LogP contribution >= 0.6 is 0 Å². The second kappa shape index (κ2) is 5.78. The first-order valence-electron chi connectivity index (χ1n) is 6.07. The average Bonchev–Trinajstić information content (AvgIpc) is 2.38. The molecule has 2 aromatic rings. The molecule has 19 heavy (non-hydrogen) atoms. The van der Waals surface area contributed by atoms with Crippen LogP contribution in [0.2, 0.25) is 0 Å². The van der Waals surface area contributed by atoms with Crippen LogP contribution in [0.3, 0.4) is 0 Å². The molecule has 0 aromatic heterocycles. The fraction of sp³-hybridized carbons (Fsp3) is 0.200. The Morgan fingerprint density at radius 3 is 2.37 bits per heavy atom. The van der Waals surface area contributed by atoms with Crippen LogP contribution in [0, 0.1) is 17.5 Å². The maximum Gasteiger partial charge on any atom is 0.149 e. The molecule has 4 heteroatoms. The van der Waals surface area contributed by atoms with Gasteiger partial charge in [-0.05, 0) is 36.2 Å². The van der Waals surface area contributed by atoms with Gasteiger partial charge in [0.05, 0.1) is 11.7 Å². The predicted octanol–water partition coefficient (Wildman–Crippen LogP) is 4.67. The summed E-state index contributed by atoms with van der Waals surface area (Å²) in [6, 6.07) is 9.26. The minimum Gasteiger partial charge on any atom is -0.376 e. The Hall–Kier alpha value is -1.97. The largest absolute Gasteiger partial charge is 0.376 e. The highest BCUT2D eigenvalue weighted by Crippen LogP contribution is 2.25. The quantitative estimate of drug-likeness (QED) is 0.847. The number of anilines is 1. The molecule has 100 valence electrons. The van der Waals surface area contributed by atoms with Gasteiger partial charge in [-0.1, -0.05) is 19.1 Å². The van der Waals surface area contributed by atoms with E-state index in [9.17, 15) is 13.2 Å². The third-order valence-electron chi connectivity index (χ3n) is 2.92. The fourth-order valence-corrected chi connectivity index (χ4v) is 1.94. The van der Waals surface area contributed by atoms with Gasteiger partial charge in [-0.15, -0.1) is 0 Å². The first kappa shape index (κ1) is 13.5. The monoisotopic (exact) mass is 265 g/mol. The van der Waals surface area contributed by atoms with Gasteiger partial charge >= 0.3 is 0 Å². The summed E-state index contributed by atoms with van der Waals surface area (Å²) in [4.78, 5) is 0. The van der Waals surface area contributed by atoms with E-state index in [1.807, 2.05) is 6.92 Å². The Labute approximate surface area is 110 Å². The molecule has 2 rings (SSSR count). The third-order valence-corrected chi connectivity index (χ3v) is 2.92. The minimum absolute atomic E-state index is 0.206. The number of benzene rings is 2. The van der Waals surface area contributed by atoms with Crippen molar-refractivity contribution in [1.82, 2.24) is 0 Å². The van der Waals surface area contributed by atoms with Gasteiger partial charge in [0.2, 0.25) is 0 Å². The normalized spacial score (nSPS) is 12.2. The molecule has 2 aromatic carbocycles. The summed E-state index contributed by atoms with van der Waals surface area (Å²) in [7, 11) is 0. The van der Waals surface area contributed by atoms with Crippen molar-refractivity contribution in [2.45, 2.75) is 19.4 Å². The smallest absolute Gasteiger partial charge is 0.149 e. The van der Waals surface area contributed by atoms with Gasteiger partial charge in [0.25, 0.3) is 0 Å². The molecule has 1 N–H and O–H groups in total. The number of halogens is 3. The molecule has 0 saturated heterocycles. The standard InChI is InChI=1S/C15H14F3N/c1-2-14(10-4-3-5-11(16)8-10)19-15-7-6-12(17)9-13(15)18/h3-9,14,19H,2H2,1H3. The van der Waals surface area contributed by atoms with Crippen LogP contribution in [0.15, 0.2) is 42.5 Å². The Morgan fingerprint density at radius 1 is 1.00 bits per heavy atom. The predicted molar refractivity (Wildman–Crippen MR) is 69.4 cm³/mol. The van der Waals surface area contributed by atoms with Crippen molar-refractivity contribution < 1.29 is 13.2 Å². The molecular formula is C15H14F3N. The van der Waals surface area contributed by atoms with E-state index in [2.05, 4.69) is 5.32 Å². The second-order valence-electron chi connectivity index (χ2n) is 4.28. The molecule has 0 spiro atoms. The van der Waals surface area contributed by atoms with Crippen molar-refractivity contribution in [1.29, 1.82) is 0 Å². The number of nitrogens with one attached hydrogen (secondary N) is 1. The molecule has 1 atom stereocenters. The maximum absolute atomic E-state index is 13.6. The van der Waals surface area contributed by atoms with Gasteiger partial charge in [-0.2, -0.15) is 0 Å². The molecule has 1 nitrogen and oxygen atoms in total. The zero-order valence-electron chi connectivity index (χ0n) is 10.5. The van der Waals surface area contributed by atoms with Crippen LogP contribution in [0.25, 0.3) is 0 Å². The topological polar surface area (TPSA) is 12.0 Å². The molecule has 1 unspecified atom stereocenters. The van der Waals surface area contributed by atoms with Crippen molar-refractivity contribution >= 4 is 5.69 Å². The number of hydrogen-bond donors (Lipinski definition) is 1. The van der Waals surface area contributed by atoms with Gasteiger partial charge in [-0.25, -0.2) is 13.2 Å². The molecule has 0 heterocycles. The van der Waals surface area contributed by atoms with Gasteiger partial charge < -0.3 is 5.32 Å². The lowest BCUT2D eigenvalue weighted by molar-refractivity contribution is 0.582. The van der Waals surface area contributed by atoms with Gasteiger partial charge in [0.1, 0.15) is 17.5 Å². The highest BCUT2D eigenvalue weighted by atomic mass is 19.1. The van der Waals surface area contributed by atoms with Crippen molar-refractivity contribution in [3.05, 3.63) is 65.5 Å². The van der Waals surface area contributed by atoms with Crippen molar-refractivity contribution in [3.8, 4) is 0 Å². The molecule has 0 aliphatic rings. The molecule has 0 bridgehead atoms. The van der Waals surface area contributed by atoms with Crippen LogP contribution in [0.5, 0.6) is 0 Å². The zero-order valence-corrected chi connectivity index (χ0v) is 10.5. The van der Waals surface area contributed by atoms with Crippen LogP contribution in [0.4, 0.5) is 18.9 Å². The van der Waals surface area contributed by atoms with E-state index in [-0.39, 0.29) is 17.5 Å². The molecule has 0 radical (unpaired) electrons. The van der Waals surface area contributed by atoms with Gasteiger partial charge in [-0.3, -0.25) is 0 Å². The van der Waals surface area contributed by atoms with Crippen LogP contribution < -0.4 is 5.32 Å². The van der Waals surface area contributed by atoms with Crippen molar-refractivity contribution in [3.63, 3.8) is 0 Å². The van der Waals surface area contributed by atoms with E-state index < -0.39 is 11.6 Å². The van der Waals surface area contributed by atoms with E-state index in [0.29, 0.717) is 6.42 Å². The Bertz CT molecular complexity index is 569. The van der Waals surface area contributed by atoms with E-state index >= 15 is 0 Å². The summed E-state index contributed by atoms with van der Waals surface area (Å²) < 4.78 is 39.6. The fourth-order valence-electron chi connectivity index (χ4n) is 1.94.